The van der Waals surface area contributed by atoms with Crippen LogP contribution in [0.3, 0.4) is 0 Å². The number of hydrogen-bond acceptors (Lipinski definition) is 6. The van der Waals surface area contributed by atoms with Gasteiger partial charge in [-0.1, -0.05) is 35.8 Å². The topological polar surface area (TPSA) is 72.2 Å². The van der Waals surface area contributed by atoms with Gasteiger partial charge in [-0.2, -0.15) is 0 Å². The summed E-state index contributed by atoms with van der Waals surface area (Å²) in [6, 6.07) is 10.3. The van der Waals surface area contributed by atoms with Gasteiger partial charge in [0.1, 0.15) is 5.58 Å². The van der Waals surface area contributed by atoms with E-state index < -0.39 is 6.04 Å². The summed E-state index contributed by atoms with van der Waals surface area (Å²) in [6.07, 6.45) is 0.759. The van der Waals surface area contributed by atoms with Crippen LogP contribution in [0.15, 0.2) is 50.1 Å². The summed E-state index contributed by atoms with van der Waals surface area (Å²) in [4.78, 5) is 31.0. The van der Waals surface area contributed by atoms with E-state index in [4.69, 9.17) is 13.9 Å². The van der Waals surface area contributed by atoms with Crippen LogP contribution in [0.1, 0.15) is 48.0 Å². The number of amides is 1. The predicted octanol–water partition coefficient (Wildman–Crippen LogP) is 5.10. The maximum absolute atomic E-state index is 13.7. The van der Waals surface area contributed by atoms with Crippen molar-refractivity contribution >= 4 is 32.8 Å². The van der Waals surface area contributed by atoms with Gasteiger partial charge in [0.05, 0.1) is 30.7 Å². The highest BCUT2D eigenvalue weighted by Gasteiger charge is 2.42. The summed E-state index contributed by atoms with van der Waals surface area (Å²) in [5, 5.41) is 0.440. The van der Waals surface area contributed by atoms with E-state index in [1.54, 1.807) is 30.2 Å². The Morgan fingerprint density at radius 1 is 1.11 bits per heavy atom. The first-order valence-corrected chi connectivity index (χ1v) is 12.5. The molecule has 0 N–H and O–H groups in total. The van der Waals surface area contributed by atoms with Crippen LogP contribution in [0.25, 0.3) is 11.0 Å². The number of hydrogen-bond donors (Lipinski definition) is 0. The van der Waals surface area contributed by atoms with Crippen LogP contribution in [0.4, 0.5) is 0 Å². The minimum atomic E-state index is -0.577. The van der Waals surface area contributed by atoms with Crippen molar-refractivity contribution in [2.45, 2.75) is 26.3 Å². The Hall–Kier alpha value is -2.84. The lowest BCUT2D eigenvalue weighted by molar-refractivity contribution is 0.0722. The average molecular weight is 543 g/mol. The van der Waals surface area contributed by atoms with Gasteiger partial charge >= 0.3 is 0 Å². The van der Waals surface area contributed by atoms with Crippen LogP contribution in [0, 0.1) is 5.92 Å². The van der Waals surface area contributed by atoms with E-state index in [-0.39, 0.29) is 17.1 Å². The summed E-state index contributed by atoms with van der Waals surface area (Å²) in [5.41, 5.74) is 1.34. The van der Waals surface area contributed by atoms with Gasteiger partial charge in [0.25, 0.3) is 5.91 Å². The second-order valence-electron chi connectivity index (χ2n) is 9.49. The fourth-order valence-corrected chi connectivity index (χ4v) is 4.72. The third-order valence-electron chi connectivity index (χ3n) is 6.01. The highest BCUT2D eigenvalue weighted by molar-refractivity contribution is 9.10. The third kappa shape index (κ3) is 5.09. The molecule has 1 unspecified atom stereocenters. The summed E-state index contributed by atoms with van der Waals surface area (Å²) < 4.78 is 18.3. The number of fused-ring (bicyclic) bond motifs is 2. The van der Waals surface area contributed by atoms with Crippen LogP contribution >= 0.6 is 15.9 Å². The normalized spacial score (nSPS) is 15.4. The number of halogens is 1. The van der Waals surface area contributed by atoms with Gasteiger partial charge in [-0.05, 0) is 68.9 Å². The highest BCUT2D eigenvalue weighted by atomic mass is 79.9. The smallest absolute Gasteiger partial charge is 0.290 e. The summed E-state index contributed by atoms with van der Waals surface area (Å²) >= 11 is 3.44. The van der Waals surface area contributed by atoms with E-state index in [1.165, 1.54) is 0 Å². The van der Waals surface area contributed by atoms with Crippen molar-refractivity contribution in [1.82, 2.24) is 9.80 Å². The number of carbonyl (C=O) groups excluding carboxylic acids is 1. The molecule has 1 aliphatic rings. The molecule has 0 bridgehead atoms. The standard InChI is InChI=1S/C27H31BrN2O5/c1-16(2)15-34-21-9-7-17(13-22(21)33-5)24-23-25(31)19-14-18(28)8-10-20(19)35-26(23)27(32)30(24)12-6-11-29(3)4/h7-10,13-14,16,24H,6,11-12,15H2,1-5H3. The lowest BCUT2D eigenvalue weighted by Crippen LogP contribution is -2.32. The molecule has 186 valence electrons. The number of rotatable bonds is 9. The van der Waals surface area contributed by atoms with Gasteiger partial charge in [0.2, 0.25) is 5.76 Å². The van der Waals surface area contributed by atoms with Crippen LogP contribution in [0.2, 0.25) is 0 Å². The van der Waals surface area contributed by atoms with Crippen LogP contribution in [-0.2, 0) is 0 Å². The van der Waals surface area contributed by atoms with E-state index >= 15 is 0 Å². The number of nitrogens with zero attached hydrogens (tertiary/aromatic N) is 2. The van der Waals surface area contributed by atoms with Gasteiger partial charge in [-0.3, -0.25) is 9.59 Å². The molecule has 1 aliphatic heterocycles. The van der Waals surface area contributed by atoms with Gasteiger partial charge in [-0.25, -0.2) is 0 Å². The summed E-state index contributed by atoms with van der Waals surface area (Å²) in [7, 11) is 5.58. The third-order valence-corrected chi connectivity index (χ3v) is 6.50. The molecule has 0 radical (unpaired) electrons. The zero-order valence-corrected chi connectivity index (χ0v) is 22.3. The number of benzene rings is 2. The zero-order chi connectivity index (χ0) is 25.3. The van der Waals surface area contributed by atoms with Gasteiger partial charge < -0.3 is 23.7 Å². The van der Waals surface area contributed by atoms with Crippen molar-refractivity contribution in [2.75, 3.05) is 40.9 Å². The molecule has 0 aliphatic carbocycles. The molecule has 2 aromatic carbocycles. The fourth-order valence-electron chi connectivity index (χ4n) is 4.36. The molecule has 0 fully saturated rings. The number of methoxy groups -OCH3 is 1. The molecule has 4 rings (SSSR count). The molecule has 35 heavy (non-hydrogen) atoms. The SMILES string of the molecule is COc1cc(C2c3c(oc4ccc(Br)cc4c3=O)C(=O)N2CCCN(C)C)ccc1OCC(C)C. The van der Waals surface area contributed by atoms with E-state index in [0.29, 0.717) is 47.1 Å². The Labute approximate surface area is 213 Å². The van der Waals surface area contributed by atoms with Crippen molar-refractivity contribution < 1.29 is 18.7 Å². The lowest BCUT2D eigenvalue weighted by Gasteiger charge is -2.26. The maximum atomic E-state index is 13.7. The molecule has 2 heterocycles. The summed E-state index contributed by atoms with van der Waals surface area (Å²) in [5.74, 6) is 1.39. The molecular weight excluding hydrogens is 512 g/mol. The molecule has 0 saturated heterocycles. The summed E-state index contributed by atoms with van der Waals surface area (Å²) in [6.45, 7) is 6.01. The van der Waals surface area contributed by atoms with Gasteiger partial charge in [0, 0.05) is 11.0 Å². The van der Waals surface area contributed by atoms with Crippen molar-refractivity contribution in [3.63, 3.8) is 0 Å². The van der Waals surface area contributed by atoms with E-state index in [2.05, 4.69) is 34.7 Å². The second-order valence-corrected chi connectivity index (χ2v) is 10.4. The van der Waals surface area contributed by atoms with E-state index in [0.717, 1.165) is 23.0 Å². The Morgan fingerprint density at radius 3 is 2.57 bits per heavy atom. The maximum Gasteiger partial charge on any atom is 0.290 e. The highest BCUT2D eigenvalue weighted by Crippen LogP contribution is 2.41. The minimum Gasteiger partial charge on any atom is -0.493 e. The first-order chi connectivity index (χ1) is 16.7. The van der Waals surface area contributed by atoms with E-state index in [1.807, 2.05) is 32.3 Å². The van der Waals surface area contributed by atoms with Crippen LogP contribution < -0.4 is 14.9 Å². The van der Waals surface area contributed by atoms with Crippen LogP contribution in [-0.4, -0.2) is 56.6 Å². The first-order valence-electron chi connectivity index (χ1n) is 11.7. The molecule has 7 nitrogen and oxygen atoms in total. The van der Waals surface area contributed by atoms with Gasteiger partial charge in [0.15, 0.2) is 16.9 Å². The van der Waals surface area contributed by atoms with Crippen molar-refractivity contribution in [3.8, 4) is 11.5 Å². The Kier molecular flexibility index (Phi) is 7.52. The average Bonchev–Trinajstić information content (AvgIpc) is 3.09. The Bertz CT molecular complexity index is 1300. The lowest BCUT2D eigenvalue weighted by atomic mass is 9.98. The van der Waals surface area contributed by atoms with Gasteiger partial charge in [-0.15, -0.1) is 0 Å². The molecule has 0 saturated carbocycles. The van der Waals surface area contributed by atoms with E-state index in [9.17, 15) is 9.59 Å². The number of carbonyl (C=O) groups is 1. The quantitative estimate of drug-likeness (QED) is 0.374. The number of ether oxygens (including phenoxy) is 2. The monoisotopic (exact) mass is 542 g/mol. The molecule has 8 heteroatoms. The molecule has 3 aromatic rings. The first kappa shape index (κ1) is 25.3. The fraction of sp³-hybridized carbons (Fsp3) is 0.407. The molecular formula is C27H31BrN2O5. The van der Waals surface area contributed by atoms with Crippen molar-refractivity contribution in [2.24, 2.45) is 5.92 Å². The minimum absolute atomic E-state index is 0.110. The Morgan fingerprint density at radius 2 is 1.89 bits per heavy atom. The Balaban J connectivity index is 1.84. The predicted molar refractivity (Wildman–Crippen MR) is 140 cm³/mol. The largest absolute Gasteiger partial charge is 0.493 e. The molecule has 1 amide bonds. The molecule has 1 aromatic heterocycles. The second kappa shape index (κ2) is 10.4. The van der Waals surface area contributed by atoms with Crippen molar-refractivity contribution in [3.05, 3.63) is 68.0 Å². The zero-order valence-electron chi connectivity index (χ0n) is 20.8. The van der Waals surface area contributed by atoms with Crippen LogP contribution in [0.5, 0.6) is 11.5 Å². The molecule has 0 spiro atoms. The molecule has 1 atom stereocenters. The van der Waals surface area contributed by atoms with Crippen molar-refractivity contribution in [1.29, 1.82) is 0 Å².